The van der Waals surface area contributed by atoms with Crippen LogP contribution in [0.3, 0.4) is 0 Å². The molecular weight excluding hydrogens is 1680 g/mol. The van der Waals surface area contributed by atoms with Gasteiger partial charge in [0, 0.05) is 160 Å². The van der Waals surface area contributed by atoms with Crippen molar-refractivity contribution in [3.05, 3.63) is 0 Å². The number of carbonyl (C=O) groups is 12. The van der Waals surface area contributed by atoms with Crippen molar-refractivity contribution < 1.29 is 143 Å². The molecule has 0 saturated carbocycles. The predicted molar refractivity (Wildman–Crippen MR) is 461 cm³/mol. The van der Waals surface area contributed by atoms with Crippen LogP contribution >= 0.6 is 0 Å². The SMILES string of the molecule is COCCOCCOCCN(CC(C)=O)C(=O)CN(CCOCCOCCOC)C(=O)CN(CCOCCOCCOC)C(=O)CN(CCOCCOCCOC)C(=O)CN(CCOCCOCCOC)C(=O)CN(CCOCCOCCOC)C(=O)CN(CCN)C(=O)CN(CCN)C(=O)CN(CCN)C(=O)CN(CCN)C(=O)CN(CCN)C(=O)CNCCN. The van der Waals surface area contributed by atoms with E-state index < -0.39 is 130 Å². The summed E-state index contributed by atoms with van der Waals surface area (Å²) in [7, 11) is 9.13. The lowest BCUT2D eigenvalue weighted by Crippen LogP contribution is -2.54. The van der Waals surface area contributed by atoms with Gasteiger partial charge in [-0.2, -0.15) is 0 Å². The van der Waals surface area contributed by atoms with Crippen LogP contribution in [-0.2, 0) is 143 Å². The number of nitrogens with zero attached hydrogens (tertiary/aromatic N) is 11. The number of hydrogen-bond acceptors (Lipinski definition) is 37. The highest BCUT2D eigenvalue weighted by Crippen LogP contribution is 2.10. The molecule has 0 aliphatic rings. The molecule has 0 unspecified atom stereocenters. The van der Waals surface area contributed by atoms with Crippen molar-refractivity contribution in [1.29, 1.82) is 0 Å². The summed E-state index contributed by atoms with van der Waals surface area (Å²) < 4.78 is 99.0. The van der Waals surface area contributed by atoms with Gasteiger partial charge in [0.1, 0.15) is 5.78 Å². The van der Waals surface area contributed by atoms with Crippen LogP contribution in [0, 0.1) is 0 Å². The second kappa shape index (κ2) is 83.2. The van der Waals surface area contributed by atoms with Crippen LogP contribution in [0.1, 0.15) is 6.92 Å². The molecule has 11 amide bonds. The first kappa shape index (κ1) is 120. The molecule has 48 heteroatoms. The van der Waals surface area contributed by atoms with Gasteiger partial charge in [0.25, 0.3) is 0 Å². The van der Waals surface area contributed by atoms with E-state index in [4.69, 9.17) is 120 Å². The molecule has 0 aliphatic carbocycles. The summed E-state index contributed by atoms with van der Waals surface area (Å²) in [6.07, 6.45) is 0. The first-order valence-corrected chi connectivity index (χ1v) is 42.9. The molecule has 127 heavy (non-hydrogen) atoms. The minimum absolute atomic E-state index is 0.0128. The van der Waals surface area contributed by atoms with Crippen LogP contribution < -0.4 is 39.7 Å². The standard InChI is InChI=1S/C79H154N18O30/c1-68(98)57-92(20-26-116-44-50-122-38-32-110-2)74(104)63-93(21-27-117-45-51-123-39-33-111-3)76(106)65-95(23-29-119-47-53-125-41-35-113-5)78(108)67-97(25-31-121-49-55-127-43-37-115-7)79(109)66-96(24-30-120-48-54-126-42-36-114-6)77(107)64-94(22-28-118-46-52-124-40-34-112-4)75(105)62-91(19-13-85)73(103)61-90(18-12-84)72(102)60-89(17-11-83)71(101)59-88(16-10-82)70(100)58-87(15-9-81)69(99)56-86-14-8-80/h86H,8-67,80-85H2,1-7H3. The van der Waals surface area contributed by atoms with Gasteiger partial charge in [-0.05, 0) is 6.92 Å². The van der Waals surface area contributed by atoms with E-state index in [9.17, 15) is 38.4 Å². The lowest BCUT2D eigenvalue weighted by Gasteiger charge is -2.33. The van der Waals surface area contributed by atoms with Crippen LogP contribution in [-0.4, -0.2) is 562 Å². The van der Waals surface area contributed by atoms with Gasteiger partial charge in [0.15, 0.2) is 0 Å². The Bertz CT molecular complexity index is 2890. The van der Waals surface area contributed by atoms with Gasteiger partial charge in [0.05, 0.1) is 277 Å². The number of nitrogens with two attached hydrogens (primary N) is 6. The molecule has 0 spiro atoms. The zero-order chi connectivity index (χ0) is 94.1. The fourth-order valence-corrected chi connectivity index (χ4v) is 11.1. The van der Waals surface area contributed by atoms with E-state index in [1.807, 2.05) is 0 Å². The first-order chi connectivity index (χ1) is 61.5. The van der Waals surface area contributed by atoms with Gasteiger partial charge in [0.2, 0.25) is 65.0 Å². The Morgan fingerprint density at radius 1 is 0.189 bits per heavy atom. The number of ether oxygens (including phenoxy) is 18. The van der Waals surface area contributed by atoms with Gasteiger partial charge in [-0.1, -0.05) is 0 Å². The summed E-state index contributed by atoms with van der Waals surface area (Å²) in [5.74, 6) is -8.35. The van der Waals surface area contributed by atoms with Crippen LogP contribution in [0.25, 0.3) is 0 Å². The van der Waals surface area contributed by atoms with Crippen molar-refractivity contribution in [2.45, 2.75) is 6.92 Å². The Morgan fingerprint density at radius 2 is 0.331 bits per heavy atom. The highest BCUT2D eigenvalue weighted by atomic mass is 16.6. The molecule has 0 saturated heterocycles. The number of hydrogen-bond donors (Lipinski definition) is 7. The van der Waals surface area contributed by atoms with Crippen LogP contribution in [0.15, 0.2) is 0 Å². The van der Waals surface area contributed by atoms with Crippen molar-refractivity contribution in [3.63, 3.8) is 0 Å². The van der Waals surface area contributed by atoms with Crippen LogP contribution in [0.4, 0.5) is 0 Å². The summed E-state index contributed by atoms with van der Waals surface area (Å²) in [6, 6.07) is 0. The Balaban J connectivity index is 7.97. The highest BCUT2D eigenvalue weighted by Gasteiger charge is 2.33. The van der Waals surface area contributed by atoms with Gasteiger partial charge in [-0.25, -0.2) is 0 Å². The molecule has 0 rings (SSSR count). The summed E-state index contributed by atoms with van der Waals surface area (Å²) >= 11 is 0. The average Bonchev–Trinajstić information content (AvgIpc) is 0.860. The van der Waals surface area contributed by atoms with Crippen LogP contribution in [0.5, 0.6) is 0 Å². The monoisotopic (exact) mass is 1840 g/mol. The number of nitrogens with one attached hydrogen (secondary N) is 1. The fourth-order valence-electron chi connectivity index (χ4n) is 11.1. The van der Waals surface area contributed by atoms with Crippen molar-refractivity contribution in [1.82, 2.24) is 59.2 Å². The lowest BCUT2D eigenvalue weighted by atomic mass is 10.3. The minimum Gasteiger partial charge on any atom is -0.382 e. The largest absolute Gasteiger partial charge is 0.382 e. The third-order valence-electron chi connectivity index (χ3n) is 18.0. The predicted octanol–water partition coefficient (Wildman–Crippen LogP) is -9.89. The molecule has 0 fully saturated rings. The third kappa shape index (κ3) is 62.7. The van der Waals surface area contributed by atoms with Gasteiger partial charge < -0.3 is 179 Å². The Hall–Kier alpha value is -7.16. The smallest absolute Gasteiger partial charge is 0.242 e. The first-order valence-electron chi connectivity index (χ1n) is 42.9. The quantitative estimate of drug-likeness (QED) is 0.0278. The molecule has 13 N–H and O–H groups in total. The van der Waals surface area contributed by atoms with Crippen molar-refractivity contribution in [3.8, 4) is 0 Å². The van der Waals surface area contributed by atoms with E-state index in [-0.39, 0.29) is 275 Å². The van der Waals surface area contributed by atoms with E-state index in [1.54, 1.807) is 7.11 Å². The maximum atomic E-state index is 15.3. The second-order valence-electron chi connectivity index (χ2n) is 27.9. The Labute approximate surface area is 748 Å². The molecule has 0 radical (unpaired) electrons. The third-order valence-corrected chi connectivity index (χ3v) is 18.0. The molecule has 0 heterocycles. The molecule has 740 valence electrons. The normalized spacial score (nSPS) is 11.2. The van der Waals surface area contributed by atoms with Crippen LogP contribution in [0.2, 0.25) is 0 Å². The second-order valence-corrected chi connectivity index (χ2v) is 27.9. The minimum atomic E-state index is -0.829. The number of ketones is 1. The lowest BCUT2D eigenvalue weighted by molar-refractivity contribution is -0.150. The summed E-state index contributed by atoms with van der Waals surface area (Å²) in [6.45, 7) is -3.70. The summed E-state index contributed by atoms with van der Waals surface area (Å²) in [5.41, 5.74) is 35.3. The number of rotatable bonds is 90. The zero-order valence-corrected chi connectivity index (χ0v) is 76.6. The molecule has 0 bridgehead atoms. The maximum Gasteiger partial charge on any atom is 0.242 e. The highest BCUT2D eigenvalue weighted by molar-refractivity contribution is 5.95. The van der Waals surface area contributed by atoms with E-state index in [0.717, 1.165) is 39.2 Å². The number of Topliss-reactive ketones (excluding diaryl/α,β-unsaturated/α-hetero) is 1. The number of amides is 11. The number of carbonyl (C=O) groups excluding carboxylic acids is 12. The topological polar surface area (TPSA) is 575 Å². The average molecular weight is 1840 g/mol. The Morgan fingerprint density at radius 3 is 0.480 bits per heavy atom. The summed E-state index contributed by atoms with van der Waals surface area (Å²) in [5, 5.41) is 2.88. The Kier molecular flexibility index (Phi) is 78.5. The van der Waals surface area contributed by atoms with E-state index in [0.29, 0.717) is 59.4 Å². The van der Waals surface area contributed by atoms with Crippen molar-refractivity contribution in [2.75, 3.05) is 437 Å². The van der Waals surface area contributed by atoms with E-state index in [1.165, 1.54) is 57.2 Å². The fraction of sp³-hybridized carbons (Fsp3) is 0.848. The zero-order valence-electron chi connectivity index (χ0n) is 76.6. The van der Waals surface area contributed by atoms with Gasteiger partial charge in [-0.3, -0.25) is 57.5 Å². The van der Waals surface area contributed by atoms with Gasteiger partial charge >= 0.3 is 0 Å². The molecule has 48 nitrogen and oxygen atoms in total. The molecule has 0 aromatic rings. The summed E-state index contributed by atoms with van der Waals surface area (Å²) in [4.78, 5) is 185. The van der Waals surface area contributed by atoms with Gasteiger partial charge in [-0.15, -0.1) is 0 Å². The van der Waals surface area contributed by atoms with Crippen molar-refractivity contribution >= 4 is 70.8 Å². The number of methoxy groups -OCH3 is 6. The molecule has 0 aliphatic heterocycles. The molecule has 0 atom stereocenters. The molecule has 0 aromatic carbocycles. The van der Waals surface area contributed by atoms with E-state index >= 15 is 19.2 Å². The van der Waals surface area contributed by atoms with E-state index in [2.05, 4.69) is 5.32 Å². The molecule has 0 aromatic heterocycles. The van der Waals surface area contributed by atoms with Crippen molar-refractivity contribution in [2.24, 2.45) is 34.4 Å². The maximum absolute atomic E-state index is 15.3. The molecular formula is C79H154N18O30.